The maximum Gasteiger partial charge on any atom is 0.290 e. The summed E-state index contributed by atoms with van der Waals surface area (Å²) in [4.78, 5) is 31.7. The van der Waals surface area contributed by atoms with Gasteiger partial charge in [-0.05, 0) is 25.0 Å². The van der Waals surface area contributed by atoms with Crippen LogP contribution in [0.3, 0.4) is 0 Å². The molecule has 2 aromatic rings. The van der Waals surface area contributed by atoms with Crippen LogP contribution in [0.5, 0.6) is 0 Å². The number of aromatic nitrogens is 2. The van der Waals surface area contributed by atoms with E-state index in [1.807, 2.05) is 18.2 Å². The van der Waals surface area contributed by atoms with Crippen LogP contribution in [0.4, 0.5) is 0 Å². The van der Waals surface area contributed by atoms with Gasteiger partial charge in [-0.25, -0.2) is 4.98 Å². The molecule has 1 N–H and O–H groups in total. The fourth-order valence-electron chi connectivity index (χ4n) is 3.59. The van der Waals surface area contributed by atoms with Crippen molar-refractivity contribution in [2.75, 3.05) is 26.3 Å². The second-order valence-corrected chi connectivity index (χ2v) is 6.60. The van der Waals surface area contributed by atoms with Crippen LogP contribution in [0, 0.1) is 0 Å². The summed E-state index contributed by atoms with van der Waals surface area (Å²) in [5.41, 5.74) is 0.985. The van der Waals surface area contributed by atoms with Gasteiger partial charge in [0.05, 0.1) is 18.7 Å². The number of imidazole rings is 1. The van der Waals surface area contributed by atoms with Crippen molar-refractivity contribution in [3.63, 3.8) is 0 Å². The van der Waals surface area contributed by atoms with Crippen molar-refractivity contribution in [3.8, 4) is 0 Å². The molecule has 7 nitrogen and oxygen atoms in total. The number of nitrogens with zero attached hydrogens (tertiary/aromatic N) is 3. The molecule has 0 spiro atoms. The van der Waals surface area contributed by atoms with E-state index in [-0.39, 0.29) is 23.7 Å². The Balaban J connectivity index is 1.65. The van der Waals surface area contributed by atoms with E-state index in [1.165, 1.54) is 0 Å². The highest BCUT2D eigenvalue weighted by atomic mass is 16.5. The predicted molar refractivity (Wildman–Crippen MR) is 91.6 cm³/mol. The number of hydrogen-bond donors (Lipinski definition) is 1. The summed E-state index contributed by atoms with van der Waals surface area (Å²) in [6.45, 7) is 2.16. The second kappa shape index (κ2) is 6.84. The SMILES string of the molecule is O=C(NC1CCCC1)c1nc(C(=O)N2CCOCC2)n2ccccc12. The van der Waals surface area contributed by atoms with E-state index < -0.39 is 0 Å². The van der Waals surface area contributed by atoms with E-state index in [0.29, 0.717) is 37.5 Å². The smallest absolute Gasteiger partial charge is 0.290 e. The van der Waals surface area contributed by atoms with Crippen molar-refractivity contribution in [1.82, 2.24) is 19.6 Å². The third kappa shape index (κ3) is 3.11. The first-order valence-corrected chi connectivity index (χ1v) is 8.89. The van der Waals surface area contributed by atoms with E-state index in [0.717, 1.165) is 25.7 Å². The summed E-state index contributed by atoms with van der Waals surface area (Å²) < 4.78 is 7.02. The van der Waals surface area contributed by atoms with Crippen molar-refractivity contribution in [1.29, 1.82) is 0 Å². The van der Waals surface area contributed by atoms with Crippen LogP contribution >= 0.6 is 0 Å². The Morgan fingerprint density at radius 1 is 1.16 bits per heavy atom. The third-order valence-electron chi connectivity index (χ3n) is 4.94. The van der Waals surface area contributed by atoms with Crippen molar-refractivity contribution in [2.24, 2.45) is 0 Å². The van der Waals surface area contributed by atoms with Gasteiger partial charge in [-0.15, -0.1) is 0 Å². The molecule has 2 amide bonds. The largest absolute Gasteiger partial charge is 0.378 e. The summed E-state index contributed by atoms with van der Waals surface area (Å²) in [7, 11) is 0. The van der Waals surface area contributed by atoms with E-state index in [4.69, 9.17) is 4.74 Å². The Hall–Kier alpha value is -2.41. The number of carbonyl (C=O) groups excluding carboxylic acids is 2. The fraction of sp³-hybridized carbons (Fsp3) is 0.500. The molecule has 132 valence electrons. The number of fused-ring (bicyclic) bond motifs is 1. The average Bonchev–Trinajstić information content (AvgIpc) is 3.29. The summed E-state index contributed by atoms with van der Waals surface area (Å²) in [5, 5.41) is 3.06. The lowest BCUT2D eigenvalue weighted by Crippen LogP contribution is -2.41. The molecule has 25 heavy (non-hydrogen) atoms. The Labute approximate surface area is 146 Å². The van der Waals surface area contributed by atoms with E-state index in [2.05, 4.69) is 10.3 Å². The predicted octanol–water partition coefficient (Wildman–Crippen LogP) is 1.48. The molecule has 0 unspecified atom stereocenters. The van der Waals surface area contributed by atoms with E-state index in [9.17, 15) is 9.59 Å². The first-order chi connectivity index (χ1) is 12.2. The zero-order valence-electron chi connectivity index (χ0n) is 14.1. The molecule has 0 radical (unpaired) electrons. The number of nitrogens with one attached hydrogen (secondary N) is 1. The number of pyridine rings is 1. The van der Waals surface area contributed by atoms with Gasteiger partial charge in [-0.2, -0.15) is 0 Å². The van der Waals surface area contributed by atoms with Crippen molar-refractivity contribution >= 4 is 17.3 Å². The Morgan fingerprint density at radius 2 is 1.92 bits per heavy atom. The molecule has 0 atom stereocenters. The van der Waals surface area contributed by atoms with Crippen LogP contribution in [0.1, 0.15) is 46.8 Å². The average molecular weight is 342 g/mol. The first-order valence-electron chi connectivity index (χ1n) is 8.89. The van der Waals surface area contributed by atoms with Gasteiger partial charge in [0.15, 0.2) is 5.69 Å². The summed E-state index contributed by atoms with van der Waals surface area (Å²) >= 11 is 0. The van der Waals surface area contributed by atoms with Crippen LogP contribution in [-0.4, -0.2) is 58.4 Å². The van der Waals surface area contributed by atoms with Gasteiger partial charge < -0.3 is 15.0 Å². The second-order valence-electron chi connectivity index (χ2n) is 6.60. The molecular weight excluding hydrogens is 320 g/mol. The number of rotatable bonds is 3. The number of morpholine rings is 1. The lowest BCUT2D eigenvalue weighted by molar-refractivity contribution is 0.0294. The van der Waals surface area contributed by atoms with Crippen LogP contribution in [0.2, 0.25) is 0 Å². The molecule has 1 saturated carbocycles. The van der Waals surface area contributed by atoms with Crippen molar-refractivity contribution in [3.05, 3.63) is 35.9 Å². The molecule has 7 heteroatoms. The van der Waals surface area contributed by atoms with Crippen molar-refractivity contribution < 1.29 is 14.3 Å². The molecule has 3 heterocycles. The normalized spacial score (nSPS) is 18.6. The standard InChI is InChI=1S/C18H22N4O3/c23-17(19-13-5-1-2-6-13)15-14-7-3-4-8-22(14)16(20-15)18(24)21-9-11-25-12-10-21/h3-4,7-8,13H,1-2,5-6,9-12H2,(H,19,23). The van der Waals surface area contributed by atoms with Gasteiger partial charge in [-0.3, -0.25) is 14.0 Å². The number of ether oxygens (including phenoxy) is 1. The van der Waals surface area contributed by atoms with Crippen LogP contribution < -0.4 is 5.32 Å². The summed E-state index contributed by atoms with van der Waals surface area (Å²) in [5.74, 6) is -0.0740. The van der Waals surface area contributed by atoms with Crippen LogP contribution in [0.25, 0.3) is 5.52 Å². The molecule has 0 aromatic carbocycles. The monoisotopic (exact) mass is 342 g/mol. The summed E-state index contributed by atoms with van der Waals surface area (Å²) in [6.07, 6.45) is 6.10. The van der Waals surface area contributed by atoms with Crippen LogP contribution in [-0.2, 0) is 4.74 Å². The highest BCUT2D eigenvalue weighted by Crippen LogP contribution is 2.20. The molecule has 2 fully saturated rings. The van der Waals surface area contributed by atoms with E-state index >= 15 is 0 Å². The zero-order valence-corrected chi connectivity index (χ0v) is 14.1. The van der Waals surface area contributed by atoms with Gasteiger partial charge in [0.25, 0.3) is 11.8 Å². The minimum absolute atomic E-state index is 0.163. The maximum absolute atomic E-state index is 12.8. The maximum atomic E-state index is 12.8. The van der Waals surface area contributed by atoms with Gasteiger partial charge in [0.2, 0.25) is 5.82 Å². The van der Waals surface area contributed by atoms with Gasteiger partial charge in [0, 0.05) is 25.3 Å². The van der Waals surface area contributed by atoms with Gasteiger partial charge in [-0.1, -0.05) is 18.9 Å². The van der Waals surface area contributed by atoms with Gasteiger partial charge >= 0.3 is 0 Å². The number of hydrogen-bond acceptors (Lipinski definition) is 4. The molecular formula is C18H22N4O3. The first kappa shape index (κ1) is 16.1. The quantitative estimate of drug-likeness (QED) is 0.917. The molecule has 4 rings (SSSR count). The Kier molecular flexibility index (Phi) is 4.40. The zero-order chi connectivity index (χ0) is 17.2. The Morgan fingerprint density at radius 3 is 2.68 bits per heavy atom. The topological polar surface area (TPSA) is 75.9 Å². The number of amides is 2. The molecule has 1 saturated heterocycles. The highest BCUT2D eigenvalue weighted by molar-refractivity contribution is 6.02. The molecule has 0 bridgehead atoms. The molecule has 1 aliphatic heterocycles. The lowest BCUT2D eigenvalue weighted by atomic mass is 10.2. The highest BCUT2D eigenvalue weighted by Gasteiger charge is 2.27. The molecule has 2 aromatic heterocycles. The fourth-order valence-corrected chi connectivity index (χ4v) is 3.59. The molecule has 2 aliphatic rings. The summed E-state index contributed by atoms with van der Waals surface area (Å²) in [6, 6.07) is 5.73. The van der Waals surface area contributed by atoms with Gasteiger partial charge in [0.1, 0.15) is 0 Å². The third-order valence-corrected chi connectivity index (χ3v) is 4.94. The number of carbonyl (C=O) groups is 2. The lowest BCUT2D eigenvalue weighted by Gasteiger charge is -2.26. The minimum atomic E-state index is -0.198. The minimum Gasteiger partial charge on any atom is -0.378 e. The van der Waals surface area contributed by atoms with E-state index in [1.54, 1.807) is 15.5 Å². The van der Waals surface area contributed by atoms with Crippen LogP contribution in [0.15, 0.2) is 24.4 Å². The van der Waals surface area contributed by atoms with Crippen molar-refractivity contribution in [2.45, 2.75) is 31.7 Å². The molecule has 1 aliphatic carbocycles. The Bertz CT molecular complexity index is 789.